The SMILES string of the molecule is c1ccc(-c2cccc(-c3ccc(N(c4ccc5c(c4)C(c4ccccc4)(c4ccccc4)c4cc(-c6ccccc6)ccc4-5)c4c(-c5cccc(-c6ccc(-c7ccc(-c8ccc(N(c9ccc%10c(c9)C(c9ccccc9)(c9ccccc9)c9cc(-c%11ccccc%11)ccc9-%10)c9c(-c%10ccccc%10)c%10ccccc%10c%10ccccc9%10)cc8)cc7)cc6)c5)c5ccccc5c5ccccc45)cc3)c2)cc1. The van der Waals surface area contributed by atoms with Crippen molar-refractivity contribution in [3.8, 4) is 122 Å². The van der Waals surface area contributed by atoms with Gasteiger partial charge in [-0.05, 0) is 261 Å². The van der Waals surface area contributed by atoms with E-state index in [9.17, 15) is 0 Å². The van der Waals surface area contributed by atoms with E-state index < -0.39 is 10.8 Å². The van der Waals surface area contributed by atoms with Crippen LogP contribution in [0.25, 0.3) is 165 Å². The van der Waals surface area contributed by atoms with E-state index in [-0.39, 0.29) is 0 Å². The molecular weight excluding hydrogens is 1690 g/mol. The van der Waals surface area contributed by atoms with Crippen molar-refractivity contribution in [3.05, 3.63) is 603 Å². The molecule has 2 heteroatoms. The summed E-state index contributed by atoms with van der Waals surface area (Å²) < 4.78 is 0. The van der Waals surface area contributed by atoms with Crippen LogP contribution in [0, 0.1) is 0 Å². The first kappa shape index (κ1) is 82.6. The molecule has 0 aromatic heterocycles. The fraction of sp³-hybridized carbons (Fsp3) is 0.0145. The Kier molecular flexibility index (Phi) is 20.5. The predicted molar refractivity (Wildman–Crippen MR) is 589 cm³/mol. The summed E-state index contributed by atoms with van der Waals surface area (Å²) in [5.74, 6) is 0. The third-order valence-corrected chi connectivity index (χ3v) is 29.6. The van der Waals surface area contributed by atoms with Crippen molar-refractivity contribution in [2.24, 2.45) is 0 Å². The largest absolute Gasteiger partial charge is 0.309 e. The lowest BCUT2D eigenvalue weighted by Gasteiger charge is -2.35. The molecule has 0 saturated carbocycles. The Morgan fingerprint density at radius 3 is 0.650 bits per heavy atom. The van der Waals surface area contributed by atoms with Gasteiger partial charge in [0.15, 0.2) is 0 Å². The Labute approximate surface area is 816 Å². The van der Waals surface area contributed by atoms with Crippen LogP contribution in [0.1, 0.15) is 44.5 Å². The number of rotatable bonds is 19. The molecule has 0 heterocycles. The van der Waals surface area contributed by atoms with Gasteiger partial charge in [0.1, 0.15) is 0 Å². The van der Waals surface area contributed by atoms with Crippen LogP contribution in [0.15, 0.2) is 558 Å². The van der Waals surface area contributed by atoms with Crippen molar-refractivity contribution in [2.75, 3.05) is 9.80 Å². The molecule has 0 amide bonds. The molecular formula is C138H92N2. The van der Waals surface area contributed by atoms with E-state index in [0.29, 0.717) is 0 Å². The summed E-state index contributed by atoms with van der Waals surface area (Å²) in [5.41, 5.74) is 40.6. The number of nitrogens with zero attached hydrogens (tertiary/aromatic N) is 2. The van der Waals surface area contributed by atoms with Gasteiger partial charge < -0.3 is 9.80 Å². The monoisotopic (exact) mass is 1780 g/mol. The predicted octanol–water partition coefficient (Wildman–Crippen LogP) is 37.0. The number of benzene rings is 24. The zero-order valence-corrected chi connectivity index (χ0v) is 77.0. The van der Waals surface area contributed by atoms with Gasteiger partial charge in [-0.25, -0.2) is 0 Å². The average molecular weight is 1780 g/mol. The molecule has 0 fully saturated rings. The summed E-state index contributed by atoms with van der Waals surface area (Å²) in [6.07, 6.45) is 0. The third kappa shape index (κ3) is 13.9. The second-order valence-corrected chi connectivity index (χ2v) is 37.1. The first-order valence-electron chi connectivity index (χ1n) is 48.6. The van der Waals surface area contributed by atoms with E-state index in [4.69, 9.17) is 0 Å². The highest BCUT2D eigenvalue weighted by atomic mass is 15.2. The quantitative estimate of drug-likeness (QED) is 0.0745. The Morgan fingerprint density at radius 2 is 0.321 bits per heavy atom. The molecule has 0 bridgehead atoms. The summed E-state index contributed by atoms with van der Waals surface area (Å²) in [5, 5.41) is 9.47. The standard InChI is InChI=1S/C138H92N2/c1-9-35-93(36-10-1)103-43-33-44-104(87-103)101-73-79-114(80-74-101)140(116-82-86-124-122-84-76-107(95-39-13-3-14-40-95)90-130(122)138(132(124)92-116,111-51-21-7-22-52-111)112-53-23-8-24-54-112)136-128-62-32-28-58-120(128)118-56-26-30-60-126(118)134(136)108-46-34-45-105(88-108)100-69-67-97(68-70-100)96-63-65-98(66-64-96)99-71-77-113(78-72-99)139(135-127-61-31-27-57-119(127)117-55-25-29-59-125(117)133(135)102-41-15-4-16-42-102)115-81-85-123-121-83-75-106(94-37-11-2-12-38-94)89-129(121)137(131(123)91-115,109-47-17-5-18-48-109)110-49-19-6-20-50-110/h1-92H. The van der Waals surface area contributed by atoms with E-state index in [1.54, 1.807) is 0 Å². The van der Waals surface area contributed by atoms with Gasteiger partial charge in [-0.1, -0.05) is 485 Å². The van der Waals surface area contributed by atoms with Crippen LogP contribution in [0.2, 0.25) is 0 Å². The van der Waals surface area contributed by atoms with Gasteiger partial charge in [0.25, 0.3) is 0 Å². The van der Waals surface area contributed by atoms with Crippen molar-refractivity contribution in [2.45, 2.75) is 10.8 Å². The first-order chi connectivity index (χ1) is 69.4. The summed E-state index contributed by atoms with van der Waals surface area (Å²) >= 11 is 0. The van der Waals surface area contributed by atoms with Gasteiger partial charge in [-0.3, -0.25) is 0 Å². The maximum absolute atomic E-state index is 2.58. The number of hydrogen-bond acceptors (Lipinski definition) is 2. The molecule has 0 saturated heterocycles. The van der Waals surface area contributed by atoms with Gasteiger partial charge >= 0.3 is 0 Å². The number of anilines is 6. The lowest BCUT2D eigenvalue weighted by atomic mass is 9.67. The number of fused-ring (bicyclic) bond motifs is 12. The van der Waals surface area contributed by atoms with Crippen molar-refractivity contribution in [1.29, 1.82) is 0 Å². The molecule has 2 aliphatic rings. The minimum absolute atomic E-state index is 0.684. The molecule has 2 nitrogen and oxygen atoms in total. The van der Waals surface area contributed by atoms with Crippen molar-refractivity contribution < 1.29 is 0 Å². The molecule has 24 aromatic carbocycles. The maximum atomic E-state index is 2.58. The lowest BCUT2D eigenvalue weighted by Crippen LogP contribution is -2.29. The lowest BCUT2D eigenvalue weighted by molar-refractivity contribution is 0.768. The zero-order chi connectivity index (χ0) is 92.6. The Hall–Kier alpha value is -18.1. The average Bonchev–Trinajstić information content (AvgIpc) is 1.52. The molecule has 0 unspecified atom stereocenters. The Morgan fingerprint density at radius 1 is 0.121 bits per heavy atom. The van der Waals surface area contributed by atoms with Gasteiger partial charge in [-0.15, -0.1) is 0 Å². The van der Waals surface area contributed by atoms with Crippen LogP contribution in [0.4, 0.5) is 34.1 Å². The highest BCUT2D eigenvalue weighted by Gasteiger charge is 2.49. The molecule has 2 aliphatic carbocycles. The third-order valence-electron chi connectivity index (χ3n) is 29.6. The molecule has 0 N–H and O–H groups in total. The minimum Gasteiger partial charge on any atom is -0.309 e. The van der Waals surface area contributed by atoms with Crippen LogP contribution in [-0.2, 0) is 10.8 Å². The summed E-state index contributed by atoms with van der Waals surface area (Å²) in [7, 11) is 0. The maximum Gasteiger partial charge on any atom is 0.0714 e. The molecule has 26 rings (SSSR count). The fourth-order valence-electron chi connectivity index (χ4n) is 23.2. The summed E-state index contributed by atoms with van der Waals surface area (Å²) in [6, 6.07) is 209. The highest BCUT2D eigenvalue weighted by molar-refractivity contribution is 6.24. The van der Waals surface area contributed by atoms with Crippen LogP contribution in [-0.4, -0.2) is 0 Å². The van der Waals surface area contributed by atoms with Crippen molar-refractivity contribution >= 4 is 77.2 Å². The summed E-state index contributed by atoms with van der Waals surface area (Å²) in [6.45, 7) is 0. The van der Waals surface area contributed by atoms with Gasteiger partial charge in [0.2, 0.25) is 0 Å². The Balaban J connectivity index is 0.583. The molecule has 0 radical (unpaired) electrons. The minimum atomic E-state index is -0.711. The Bertz CT molecular complexity index is 8750. The summed E-state index contributed by atoms with van der Waals surface area (Å²) in [4.78, 5) is 5.14. The van der Waals surface area contributed by atoms with E-state index >= 15 is 0 Å². The molecule has 24 aromatic rings. The molecule has 0 atom stereocenters. The number of hydrogen-bond donors (Lipinski definition) is 0. The fourth-order valence-corrected chi connectivity index (χ4v) is 23.2. The molecule has 0 spiro atoms. The molecule has 140 heavy (non-hydrogen) atoms. The molecule has 0 aliphatic heterocycles. The van der Waals surface area contributed by atoms with E-state index in [1.807, 2.05) is 0 Å². The van der Waals surface area contributed by atoms with Crippen LogP contribution in [0.3, 0.4) is 0 Å². The van der Waals surface area contributed by atoms with Gasteiger partial charge in [0.05, 0.1) is 22.2 Å². The topological polar surface area (TPSA) is 6.48 Å². The van der Waals surface area contributed by atoms with Crippen molar-refractivity contribution in [3.63, 3.8) is 0 Å². The normalized spacial score (nSPS) is 12.5. The van der Waals surface area contributed by atoms with Crippen LogP contribution in [0.5, 0.6) is 0 Å². The van der Waals surface area contributed by atoms with Crippen LogP contribution >= 0.6 is 0 Å². The van der Waals surface area contributed by atoms with Gasteiger partial charge in [0, 0.05) is 44.6 Å². The smallest absolute Gasteiger partial charge is 0.0714 e. The van der Waals surface area contributed by atoms with Gasteiger partial charge in [-0.2, -0.15) is 0 Å². The van der Waals surface area contributed by atoms with Crippen LogP contribution < -0.4 is 9.80 Å². The van der Waals surface area contributed by atoms with E-state index in [2.05, 4.69) is 568 Å². The molecule has 654 valence electrons. The van der Waals surface area contributed by atoms with E-state index in [0.717, 1.165) is 101 Å². The highest BCUT2D eigenvalue weighted by Crippen LogP contribution is 2.63. The first-order valence-corrected chi connectivity index (χ1v) is 48.6. The second-order valence-electron chi connectivity index (χ2n) is 37.1. The van der Waals surface area contributed by atoms with Crippen molar-refractivity contribution in [1.82, 2.24) is 0 Å². The van der Waals surface area contributed by atoms with E-state index in [1.165, 1.54) is 143 Å². The second kappa shape index (κ2) is 34.7. The zero-order valence-electron chi connectivity index (χ0n) is 77.0.